The minimum atomic E-state index is 0.248. The lowest BCUT2D eigenvalue weighted by Crippen LogP contribution is -2.39. The number of nitrogens with one attached hydrogen (secondary N) is 1. The van der Waals surface area contributed by atoms with Crippen molar-refractivity contribution in [2.45, 2.75) is 26.2 Å². The highest BCUT2D eigenvalue weighted by atomic mass is 32.1. The van der Waals surface area contributed by atoms with Gasteiger partial charge in [0, 0.05) is 13.1 Å². The Morgan fingerprint density at radius 3 is 2.83 bits per heavy atom. The standard InChI is InChI=1S/C14H20N2OS/c1-11-2-9-18-12(11)13(17)16-8-5-14(10-16)3-6-15-7-4-14/h2,9,15H,3-8,10H2,1H3. The van der Waals surface area contributed by atoms with Crippen LogP contribution in [0.1, 0.15) is 34.5 Å². The Morgan fingerprint density at radius 1 is 1.39 bits per heavy atom. The third kappa shape index (κ3) is 2.08. The third-order valence-corrected chi connectivity index (χ3v) is 5.45. The smallest absolute Gasteiger partial charge is 0.264 e. The molecular weight excluding hydrogens is 244 g/mol. The Morgan fingerprint density at radius 2 is 2.17 bits per heavy atom. The molecule has 2 fully saturated rings. The number of hydrogen-bond donors (Lipinski definition) is 1. The zero-order valence-corrected chi connectivity index (χ0v) is 11.7. The molecule has 1 spiro atoms. The van der Waals surface area contributed by atoms with Gasteiger partial charge in [0.25, 0.3) is 5.91 Å². The molecule has 3 nitrogen and oxygen atoms in total. The van der Waals surface area contributed by atoms with Gasteiger partial charge in [-0.25, -0.2) is 0 Å². The maximum Gasteiger partial charge on any atom is 0.264 e. The van der Waals surface area contributed by atoms with Gasteiger partial charge in [0.15, 0.2) is 0 Å². The van der Waals surface area contributed by atoms with Gasteiger partial charge in [0.2, 0.25) is 0 Å². The number of carbonyl (C=O) groups excluding carboxylic acids is 1. The van der Waals surface area contributed by atoms with Crippen molar-refractivity contribution < 1.29 is 4.79 Å². The number of thiophene rings is 1. The second kappa shape index (κ2) is 4.67. The zero-order valence-electron chi connectivity index (χ0n) is 10.9. The average molecular weight is 264 g/mol. The van der Waals surface area contributed by atoms with E-state index in [1.165, 1.54) is 19.3 Å². The topological polar surface area (TPSA) is 32.3 Å². The highest BCUT2D eigenvalue weighted by molar-refractivity contribution is 7.12. The van der Waals surface area contributed by atoms with Gasteiger partial charge < -0.3 is 10.2 Å². The highest BCUT2D eigenvalue weighted by Gasteiger charge is 2.40. The van der Waals surface area contributed by atoms with Gasteiger partial charge in [-0.1, -0.05) is 0 Å². The summed E-state index contributed by atoms with van der Waals surface area (Å²) in [5.41, 5.74) is 1.53. The molecule has 0 aliphatic carbocycles. The molecule has 0 aromatic carbocycles. The van der Waals surface area contributed by atoms with Crippen LogP contribution in [-0.4, -0.2) is 37.0 Å². The molecule has 1 amide bonds. The van der Waals surface area contributed by atoms with Gasteiger partial charge in [-0.15, -0.1) is 11.3 Å². The summed E-state index contributed by atoms with van der Waals surface area (Å²) >= 11 is 1.58. The van der Waals surface area contributed by atoms with Crippen molar-refractivity contribution >= 4 is 17.2 Å². The fourth-order valence-corrected chi connectivity index (χ4v) is 4.10. The van der Waals surface area contributed by atoms with Crippen LogP contribution in [-0.2, 0) is 0 Å². The maximum absolute atomic E-state index is 12.5. The van der Waals surface area contributed by atoms with Gasteiger partial charge in [-0.05, 0) is 61.7 Å². The van der Waals surface area contributed by atoms with E-state index in [-0.39, 0.29) is 5.91 Å². The second-order valence-corrected chi connectivity index (χ2v) is 6.58. The Kier molecular flexibility index (Phi) is 3.16. The number of hydrogen-bond acceptors (Lipinski definition) is 3. The summed E-state index contributed by atoms with van der Waals surface area (Å²) in [5, 5.41) is 5.43. The number of rotatable bonds is 1. The molecule has 2 aliphatic heterocycles. The first kappa shape index (κ1) is 12.2. The lowest BCUT2D eigenvalue weighted by molar-refractivity contribution is 0.0766. The van der Waals surface area contributed by atoms with Gasteiger partial charge >= 0.3 is 0 Å². The molecule has 0 radical (unpaired) electrons. The normalized spacial score (nSPS) is 22.6. The van der Waals surface area contributed by atoms with Gasteiger partial charge in [0.05, 0.1) is 4.88 Å². The summed E-state index contributed by atoms with van der Waals surface area (Å²) in [6.07, 6.45) is 3.63. The quantitative estimate of drug-likeness (QED) is 0.844. The molecule has 0 bridgehead atoms. The third-order valence-electron chi connectivity index (χ3n) is 4.45. The molecule has 0 unspecified atom stereocenters. The van der Waals surface area contributed by atoms with E-state index < -0.39 is 0 Å². The minimum absolute atomic E-state index is 0.248. The largest absolute Gasteiger partial charge is 0.337 e. The van der Waals surface area contributed by atoms with Gasteiger partial charge in [-0.3, -0.25) is 4.79 Å². The minimum Gasteiger partial charge on any atom is -0.337 e. The number of carbonyl (C=O) groups is 1. The van der Waals surface area contributed by atoms with Crippen molar-refractivity contribution in [3.63, 3.8) is 0 Å². The van der Waals surface area contributed by atoms with Crippen molar-refractivity contribution in [3.8, 4) is 0 Å². The lowest BCUT2D eigenvalue weighted by atomic mass is 9.78. The molecule has 18 heavy (non-hydrogen) atoms. The molecule has 0 saturated carbocycles. The average Bonchev–Trinajstić information content (AvgIpc) is 2.97. The number of aryl methyl sites for hydroxylation is 1. The molecule has 98 valence electrons. The fourth-order valence-electron chi connectivity index (χ4n) is 3.21. The predicted octanol–water partition coefficient (Wildman–Crippen LogP) is 2.27. The van der Waals surface area contributed by atoms with E-state index in [0.29, 0.717) is 5.41 Å². The van der Waals surface area contributed by atoms with Crippen LogP contribution in [0.25, 0.3) is 0 Å². The molecule has 3 heterocycles. The van der Waals surface area contributed by atoms with E-state index in [2.05, 4.69) is 10.2 Å². The van der Waals surface area contributed by atoms with Crippen molar-refractivity contribution in [1.29, 1.82) is 0 Å². The fraction of sp³-hybridized carbons (Fsp3) is 0.643. The van der Waals surface area contributed by atoms with Crippen LogP contribution in [0, 0.1) is 12.3 Å². The highest BCUT2D eigenvalue weighted by Crippen LogP contribution is 2.39. The first-order valence-corrected chi connectivity index (χ1v) is 7.62. The number of amides is 1. The van der Waals surface area contributed by atoms with E-state index in [9.17, 15) is 4.79 Å². The Balaban J connectivity index is 1.72. The van der Waals surface area contributed by atoms with E-state index in [4.69, 9.17) is 0 Å². The van der Waals surface area contributed by atoms with Crippen LogP contribution in [0.4, 0.5) is 0 Å². The zero-order chi connectivity index (χ0) is 12.6. The van der Waals surface area contributed by atoms with Crippen LogP contribution in [0.5, 0.6) is 0 Å². The molecule has 1 aromatic heterocycles. The van der Waals surface area contributed by atoms with E-state index in [1.54, 1.807) is 11.3 Å². The monoisotopic (exact) mass is 264 g/mol. The summed E-state index contributed by atoms with van der Waals surface area (Å²) in [4.78, 5) is 15.5. The van der Waals surface area contributed by atoms with E-state index in [0.717, 1.165) is 36.6 Å². The SMILES string of the molecule is Cc1ccsc1C(=O)N1CCC2(CCNCC2)C1. The lowest BCUT2D eigenvalue weighted by Gasteiger charge is -2.33. The van der Waals surface area contributed by atoms with E-state index >= 15 is 0 Å². The molecule has 1 aromatic rings. The van der Waals surface area contributed by atoms with Crippen molar-refractivity contribution in [2.75, 3.05) is 26.2 Å². The predicted molar refractivity (Wildman–Crippen MR) is 74.1 cm³/mol. The Hall–Kier alpha value is -0.870. The molecule has 4 heteroatoms. The van der Waals surface area contributed by atoms with Crippen molar-refractivity contribution in [3.05, 3.63) is 21.9 Å². The molecule has 2 aliphatic rings. The van der Waals surface area contributed by atoms with Crippen LogP contribution in [0.3, 0.4) is 0 Å². The Bertz CT molecular complexity index is 448. The molecule has 2 saturated heterocycles. The summed E-state index contributed by atoms with van der Waals surface area (Å²) in [6.45, 7) is 6.15. The van der Waals surface area contributed by atoms with Crippen LogP contribution in [0.15, 0.2) is 11.4 Å². The maximum atomic E-state index is 12.5. The van der Waals surface area contributed by atoms with Crippen molar-refractivity contribution in [2.24, 2.45) is 5.41 Å². The van der Waals surface area contributed by atoms with Crippen LogP contribution in [0.2, 0.25) is 0 Å². The number of nitrogens with zero attached hydrogens (tertiary/aromatic N) is 1. The molecule has 3 rings (SSSR count). The molecule has 0 atom stereocenters. The van der Waals surface area contributed by atoms with Gasteiger partial charge in [-0.2, -0.15) is 0 Å². The summed E-state index contributed by atoms with van der Waals surface area (Å²) in [5.74, 6) is 0.248. The van der Waals surface area contributed by atoms with Gasteiger partial charge in [0.1, 0.15) is 0 Å². The summed E-state index contributed by atoms with van der Waals surface area (Å²) in [6, 6.07) is 2.04. The second-order valence-electron chi connectivity index (χ2n) is 5.66. The number of likely N-dealkylation sites (tertiary alicyclic amines) is 1. The molecular formula is C14H20N2OS. The summed E-state index contributed by atoms with van der Waals surface area (Å²) < 4.78 is 0. The Labute approximate surface area is 112 Å². The van der Waals surface area contributed by atoms with Crippen LogP contribution < -0.4 is 5.32 Å². The first-order valence-electron chi connectivity index (χ1n) is 6.74. The molecule has 1 N–H and O–H groups in total. The van der Waals surface area contributed by atoms with E-state index in [1.807, 2.05) is 18.4 Å². The number of piperidine rings is 1. The van der Waals surface area contributed by atoms with Crippen molar-refractivity contribution in [1.82, 2.24) is 10.2 Å². The first-order chi connectivity index (χ1) is 8.70. The summed E-state index contributed by atoms with van der Waals surface area (Å²) in [7, 11) is 0. The van der Waals surface area contributed by atoms with Crippen LogP contribution >= 0.6 is 11.3 Å².